The SMILES string of the molecule is O=C(NCCCn1cnc2ccccc21)N1CCN(c2ccccc2)CC1. The molecule has 1 aliphatic rings. The van der Waals surface area contributed by atoms with Gasteiger partial charge >= 0.3 is 6.03 Å². The number of piperazine rings is 1. The molecule has 0 radical (unpaired) electrons. The average Bonchev–Trinajstić information content (AvgIpc) is 3.15. The lowest BCUT2D eigenvalue weighted by molar-refractivity contribution is 0.194. The Bertz CT molecular complexity index is 884. The number of fused-ring (bicyclic) bond motifs is 1. The predicted molar refractivity (Wildman–Crippen MR) is 108 cm³/mol. The smallest absolute Gasteiger partial charge is 0.317 e. The van der Waals surface area contributed by atoms with Gasteiger partial charge in [0, 0.05) is 45.0 Å². The highest BCUT2D eigenvalue weighted by Gasteiger charge is 2.20. The number of hydrogen-bond acceptors (Lipinski definition) is 3. The summed E-state index contributed by atoms with van der Waals surface area (Å²) in [6, 6.07) is 18.5. The summed E-state index contributed by atoms with van der Waals surface area (Å²) in [7, 11) is 0. The molecule has 6 nitrogen and oxygen atoms in total. The van der Waals surface area contributed by atoms with Gasteiger partial charge in [-0.1, -0.05) is 30.3 Å². The number of para-hydroxylation sites is 3. The van der Waals surface area contributed by atoms with Crippen LogP contribution in [0.2, 0.25) is 0 Å². The van der Waals surface area contributed by atoms with Crippen molar-refractivity contribution >= 4 is 22.8 Å². The van der Waals surface area contributed by atoms with Gasteiger partial charge in [-0.2, -0.15) is 0 Å². The van der Waals surface area contributed by atoms with Crippen LogP contribution < -0.4 is 10.2 Å². The third-order valence-corrected chi connectivity index (χ3v) is 5.07. The van der Waals surface area contributed by atoms with Crippen molar-refractivity contribution in [3.05, 3.63) is 60.9 Å². The van der Waals surface area contributed by atoms with Crippen LogP contribution in [0.1, 0.15) is 6.42 Å². The molecule has 6 heteroatoms. The predicted octanol–water partition coefficient (Wildman–Crippen LogP) is 2.96. The molecular formula is C21H25N5O. The van der Waals surface area contributed by atoms with Gasteiger partial charge in [-0.05, 0) is 30.7 Å². The first kappa shape index (κ1) is 17.4. The van der Waals surface area contributed by atoms with Crippen LogP contribution in [0.3, 0.4) is 0 Å². The normalized spacial score (nSPS) is 14.5. The molecule has 1 aliphatic heterocycles. The zero-order valence-electron chi connectivity index (χ0n) is 15.4. The number of benzene rings is 2. The molecule has 4 rings (SSSR count). The van der Waals surface area contributed by atoms with Gasteiger partial charge in [0.2, 0.25) is 0 Å². The number of hydrogen-bond donors (Lipinski definition) is 1. The van der Waals surface area contributed by atoms with Crippen LogP contribution in [-0.4, -0.2) is 53.2 Å². The first-order chi connectivity index (χ1) is 13.3. The van der Waals surface area contributed by atoms with Gasteiger partial charge < -0.3 is 19.7 Å². The Hall–Kier alpha value is -3.02. The molecular weight excluding hydrogens is 338 g/mol. The van der Waals surface area contributed by atoms with Crippen LogP contribution in [-0.2, 0) is 6.54 Å². The van der Waals surface area contributed by atoms with Crippen molar-refractivity contribution in [3.8, 4) is 0 Å². The van der Waals surface area contributed by atoms with Crippen LogP contribution in [0, 0.1) is 0 Å². The van der Waals surface area contributed by atoms with E-state index in [1.807, 2.05) is 35.5 Å². The second kappa shape index (κ2) is 8.12. The molecule has 1 fully saturated rings. The molecule has 1 saturated heterocycles. The quantitative estimate of drug-likeness (QED) is 0.709. The summed E-state index contributed by atoms with van der Waals surface area (Å²) in [6.07, 6.45) is 2.76. The number of urea groups is 1. The number of rotatable bonds is 5. The minimum absolute atomic E-state index is 0.0400. The first-order valence-electron chi connectivity index (χ1n) is 9.54. The molecule has 0 aliphatic carbocycles. The van der Waals surface area contributed by atoms with Gasteiger partial charge in [-0.3, -0.25) is 0 Å². The number of aromatic nitrogens is 2. The molecule has 0 unspecified atom stereocenters. The zero-order chi connectivity index (χ0) is 18.5. The Labute approximate surface area is 159 Å². The lowest BCUT2D eigenvalue weighted by atomic mass is 10.2. The number of aryl methyl sites for hydroxylation is 1. The summed E-state index contributed by atoms with van der Waals surface area (Å²) in [6.45, 7) is 4.78. The van der Waals surface area contributed by atoms with E-state index in [-0.39, 0.29) is 6.03 Å². The standard InChI is InChI=1S/C21H25N5O/c27-21(25-15-13-24(14-16-25)18-7-2-1-3-8-18)22-11-6-12-26-17-23-19-9-4-5-10-20(19)26/h1-5,7-10,17H,6,11-16H2,(H,22,27). The maximum Gasteiger partial charge on any atom is 0.317 e. The summed E-state index contributed by atoms with van der Waals surface area (Å²) in [5.74, 6) is 0. The van der Waals surface area contributed by atoms with Crippen molar-refractivity contribution < 1.29 is 4.79 Å². The van der Waals surface area contributed by atoms with Gasteiger partial charge in [-0.15, -0.1) is 0 Å². The van der Waals surface area contributed by atoms with Crippen molar-refractivity contribution in [2.45, 2.75) is 13.0 Å². The summed E-state index contributed by atoms with van der Waals surface area (Å²) >= 11 is 0. The van der Waals surface area contributed by atoms with Crippen molar-refractivity contribution in [3.63, 3.8) is 0 Å². The number of amides is 2. The van der Waals surface area contributed by atoms with E-state index in [1.54, 1.807) is 0 Å². The number of nitrogens with one attached hydrogen (secondary N) is 1. The fourth-order valence-corrected chi connectivity index (χ4v) is 3.55. The lowest BCUT2D eigenvalue weighted by Gasteiger charge is -2.36. The highest BCUT2D eigenvalue weighted by atomic mass is 16.2. The van der Waals surface area contributed by atoms with E-state index in [4.69, 9.17) is 0 Å². The lowest BCUT2D eigenvalue weighted by Crippen LogP contribution is -2.52. The Morgan fingerprint density at radius 3 is 2.52 bits per heavy atom. The van der Waals surface area contributed by atoms with E-state index >= 15 is 0 Å². The van der Waals surface area contributed by atoms with E-state index in [9.17, 15) is 4.79 Å². The first-order valence-corrected chi connectivity index (χ1v) is 9.54. The van der Waals surface area contributed by atoms with Gasteiger partial charge in [0.15, 0.2) is 0 Å². The van der Waals surface area contributed by atoms with Gasteiger partial charge in [0.1, 0.15) is 0 Å². The van der Waals surface area contributed by atoms with Crippen molar-refractivity contribution in [1.29, 1.82) is 0 Å². The molecule has 1 N–H and O–H groups in total. The second-order valence-corrected chi connectivity index (χ2v) is 6.82. The Morgan fingerprint density at radius 2 is 1.70 bits per heavy atom. The van der Waals surface area contributed by atoms with Crippen molar-refractivity contribution in [1.82, 2.24) is 19.8 Å². The Balaban J connectivity index is 1.20. The average molecular weight is 363 g/mol. The van der Waals surface area contributed by atoms with Crippen LogP contribution in [0.5, 0.6) is 0 Å². The molecule has 1 aromatic heterocycles. The molecule has 0 saturated carbocycles. The minimum atomic E-state index is 0.0400. The summed E-state index contributed by atoms with van der Waals surface area (Å²) in [5, 5.41) is 3.05. The topological polar surface area (TPSA) is 53.4 Å². The Kier molecular flexibility index (Phi) is 5.23. The highest BCUT2D eigenvalue weighted by molar-refractivity contribution is 5.75. The van der Waals surface area contributed by atoms with E-state index in [0.717, 1.165) is 50.2 Å². The molecule has 2 aromatic carbocycles. The number of carbonyl (C=O) groups excluding carboxylic acids is 1. The van der Waals surface area contributed by atoms with Crippen molar-refractivity contribution in [2.24, 2.45) is 0 Å². The summed E-state index contributed by atoms with van der Waals surface area (Å²) in [4.78, 5) is 21.0. The largest absolute Gasteiger partial charge is 0.368 e. The molecule has 0 bridgehead atoms. The molecule has 140 valence electrons. The van der Waals surface area contributed by atoms with Gasteiger partial charge in [0.05, 0.1) is 17.4 Å². The molecule has 0 atom stereocenters. The highest BCUT2D eigenvalue weighted by Crippen LogP contribution is 2.15. The molecule has 27 heavy (non-hydrogen) atoms. The van der Waals surface area contributed by atoms with E-state index in [2.05, 4.69) is 50.1 Å². The van der Waals surface area contributed by atoms with Crippen LogP contribution in [0.15, 0.2) is 60.9 Å². The van der Waals surface area contributed by atoms with E-state index in [1.165, 1.54) is 5.69 Å². The fourth-order valence-electron chi connectivity index (χ4n) is 3.55. The van der Waals surface area contributed by atoms with Gasteiger partial charge in [-0.25, -0.2) is 9.78 Å². The van der Waals surface area contributed by atoms with E-state index < -0.39 is 0 Å². The van der Waals surface area contributed by atoms with Crippen LogP contribution >= 0.6 is 0 Å². The fraction of sp³-hybridized carbons (Fsp3) is 0.333. The third-order valence-electron chi connectivity index (χ3n) is 5.07. The molecule has 0 spiro atoms. The molecule has 3 aromatic rings. The monoisotopic (exact) mass is 363 g/mol. The number of nitrogens with zero attached hydrogens (tertiary/aromatic N) is 4. The van der Waals surface area contributed by atoms with Crippen LogP contribution in [0.4, 0.5) is 10.5 Å². The maximum absolute atomic E-state index is 12.4. The molecule has 2 heterocycles. The maximum atomic E-state index is 12.4. The third kappa shape index (κ3) is 4.05. The minimum Gasteiger partial charge on any atom is -0.368 e. The Morgan fingerprint density at radius 1 is 0.963 bits per heavy atom. The number of anilines is 1. The number of imidazole rings is 1. The summed E-state index contributed by atoms with van der Waals surface area (Å²) < 4.78 is 2.14. The number of carbonyl (C=O) groups is 1. The summed E-state index contributed by atoms with van der Waals surface area (Å²) in [5.41, 5.74) is 3.38. The molecule has 2 amide bonds. The van der Waals surface area contributed by atoms with E-state index in [0.29, 0.717) is 6.54 Å². The van der Waals surface area contributed by atoms with Gasteiger partial charge in [0.25, 0.3) is 0 Å². The van der Waals surface area contributed by atoms with Crippen molar-refractivity contribution in [2.75, 3.05) is 37.6 Å². The second-order valence-electron chi connectivity index (χ2n) is 6.82. The van der Waals surface area contributed by atoms with Crippen LogP contribution in [0.25, 0.3) is 11.0 Å². The zero-order valence-corrected chi connectivity index (χ0v) is 15.4.